The normalized spacial score (nSPS) is 19.3. The molecule has 2 N–H and O–H groups in total. The van der Waals surface area contributed by atoms with Crippen molar-refractivity contribution in [1.29, 1.82) is 0 Å². The van der Waals surface area contributed by atoms with E-state index in [-0.39, 0.29) is 26.4 Å². The van der Waals surface area contributed by atoms with Crippen LogP contribution in [-0.4, -0.2) is 55.2 Å². The fourth-order valence-corrected chi connectivity index (χ4v) is 9.98. The molecular weight excluding hydrogens is 761 g/mol. The van der Waals surface area contributed by atoms with Gasteiger partial charge >= 0.3 is 11.9 Å². The summed E-state index contributed by atoms with van der Waals surface area (Å²) in [5.74, 6) is 3.38. The van der Waals surface area contributed by atoms with Gasteiger partial charge in [0.25, 0.3) is 0 Å². The summed E-state index contributed by atoms with van der Waals surface area (Å²) in [5, 5.41) is 20.7. The van der Waals surface area contributed by atoms with E-state index < -0.39 is 17.4 Å². The highest BCUT2D eigenvalue weighted by molar-refractivity contribution is 5.87. The molecule has 2 aliphatic rings. The molecule has 0 aliphatic heterocycles. The summed E-state index contributed by atoms with van der Waals surface area (Å²) in [6.45, 7) is 18.1. The Hall–Kier alpha value is -3.42. The van der Waals surface area contributed by atoms with Crippen LogP contribution in [-0.2, 0) is 38.3 Å². The van der Waals surface area contributed by atoms with Gasteiger partial charge in [-0.2, -0.15) is 0 Å². The molecule has 7 nitrogen and oxygen atoms in total. The minimum absolute atomic E-state index is 0.106. The number of carbonyl (C=O) groups is 2. The molecule has 0 atom stereocenters. The van der Waals surface area contributed by atoms with Crippen molar-refractivity contribution in [2.24, 2.45) is 23.2 Å². The summed E-state index contributed by atoms with van der Waals surface area (Å²) in [6.07, 6.45) is 23.1. The van der Waals surface area contributed by atoms with Crippen molar-refractivity contribution >= 4 is 11.9 Å². The van der Waals surface area contributed by atoms with Crippen molar-refractivity contribution in [3.05, 3.63) is 76.9 Å². The number of unbranched alkanes of at least 4 members (excludes halogenated alkanes) is 3. The lowest BCUT2D eigenvalue weighted by atomic mass is 9.68. The molecule has 0 aromatic heterocycles. The van der Waals surface area contributed by atoms with Crippen molar-refractivity contribution in [2.75, 3.05) is 33.0 Å². The van der Waals surface area contributed by atoms with Gasteiger partial charge < -0.3 is 24.4 Å². The summed E-state index contributed by atoms with van der Waals surface area (Å²) in [4.78, 5) is 24.5. The third-order valence-electron chi connectivity index (χ3n) is 14.0. The third kappa shape index (κ3) is 15.4. The van der Waals surface area contributed by atoms with E-state index >= 15 is 0 Å². The predicted molar refractivity (Wildman–Crippen MR) is 250 cm³/mol. The molecule has 0 bridgehead atoms. The van der Waals surface area contributed by atoms with Gasteiger partial charge in [-0.3, -0.25) is 0 Å². The van der Waals surface area contributed by atoms with Crippen LogP contribution in [0, 0.1) is 23.2 Å². The first-order chi connectivity index (χ1) is 29.5. The van der Waals surface area contributed by atoms with E-state index in [1.165, 1.54) is 93.7 Å². The van der Waals surface area contributed by atoms with E-state index in [1.54, 1.807) is 13.8 Å². The van der Waals surface area contributed by atoms with E-state index in [4.69, 9.17) is 14.2 Å². The average molecular weight is 843 g/mol. The number of ether oxygens (including phenoxy) is 3. The first-order valence-electron chi connectivity index (χ1n) is 24.3. The van der Waals surface area contributed by atoms with E-state index in [2.05, 4.69) is 64.3 Å². The van der Waals surface area contributed by atoms with Crippen molar-refractivity contribution in [3.63, 3.8) is 0 Å². The van der Waals surface area contributed by atoms with Crippen molar-refractivity contribution < 1.29 is 34.0 Å². The maximum absolute atomic E-state index is 12.2. The standard InChI is InChI=1S/C54H82O7/c1-8-11-13-16-41-19-21-43(22-20-41)44-23-25-45(26-24-44)46-27-28-50(42(10-3)34-46)49-35-47(17-14-31-60-52(57)39(4)5)51(48(36-49)18-15-32-61-53(58)40(6)7)59-33-30-54(37-55,38-56)29-12-9-2/h27-28,34-36,41,43-45,55-56H,4,6,8-26,29-33,37-38H2,1-3,5,7H3. The van der Waals surface area contributed by atoms with Crippen LogP contribution in [0.2, 0.25) is 0 Å². The number of aliphatic hydroxyl groups is 2. The smallest absolute Gasteiger partial charge is 0.333 e. The summed E-state index contributed by atoms with van der Waals surface area (Å²) >= 11 is 0. The van der Waals surface area contributed by atoms with Crippen LogP contribution in [0.1, 0.15) is 178 Å². The highest BCUT2D eigenvalue weighted by atomic mass is 16.5. The molecule has 4 rings (SSSR count). The highest BCUT2D eigenvalue weighted by Gasteiger charge is 2.32. The van der Waals surface area contributed by atoms with E-state index in [0.717, 1.165) is 65.9 Å². The van der Waals surface area contributed by atoms with Gasteiger partial charge in [-0.25, -0.2) is 9.59 Å². The zero-order valence-corrected chi connectivity index (χ0v) is 38.9. The van der Waals surface area contributed by atoms with Crippen molar-refractivity contribution in [1.82, 2.24) is 0 Å². The first-order valence-corrected chi connectivity index (χ1v) is 24.3. The van der Waals surface area contributed by atoms with E-state index in [0.29, 0.717) is 55.8 Å². The minimum atomic E-state index is -0.617. The van der Waals surface area contributed by atoms with Gasteiger partial charge in [0.2, 0.25) is 0 Å². The molecule has 0 saturated heterocycles. The largest absolute Gasteiger partial charge is 0.493 e. The number of esters is 2. The van der Waals surface area contributed by atoms with E-state index in [1.807, 2.05) is 0 Å². The van der Waals surface area contributed by atoms with E-state index in [9.17, 15) is 19.8 Å². The molecule has 7 heteroatoms. The Morgan fingerprint density at radius 2 is 1.23 bits per heavy atom. The Balaban J connectivity index is 1.59. The molecule has 0 unspecified atom stereocenters. The molecule has 340 valence electrons. The fourth-order valence-electron chi connectivity index (χ4n) is 9.98. The van der Waals surface area contributed by atoms with Gasteiger partial charge in [-0.05, 0) is 167 Å². The number of hydrogen-bond donors (Lipinski definition) is 2. The Labute approximate surface area is 370 Å². The second-order valence-corrected chi connectivity index (χ2v) is 18.8. The molecule has 0 radical (unpaired) electrons. The van der Waals surface area contributed by atoms with Crippen molar-refractivity contribution in [2.45, 2.75) is 175 Å². The molecule has 2 saturated carbocycles. The second-order valence-electron chi connectivity index (χ2n) is 18.8. The maximum Gasteiger partial charge on any atom is 0.333 e. The summed E-state index contributed by atoms with van der Waals surface area (Å²) in [7, 11) is 0. The second kappa shape index (κ2) is 26.3. The van der Waals surface area contributed by atoms with Gasteiger partial charge in [0.1, 0.15) is 5.75 Å². The monoisotopic (exact) mass is 843 g/mol. The molecule has 2 aromatic carbocycles. The van der Waals surface area contributed by atoms with Gasteiger partial charge in [0, 0.05) is 16.6 Å². The van der Waals surface area contributed by atoms with Gasteiger partial charge in [-0.1, -0.05) is 103 Å². The number of aryl methyl sites for hydroxylation is 3. The van der Waals surface area contributed by atoms with Crippen LogP contribution in [0.3, 0.4) is 0 Å². The summed E-state index contributed by atoms with van der Waals surface area (Å²) < 4.78 is 17.7. The van der Waals surface area contributed by atoms with Gasteiger partial charge in [0.05, 0.1) is 33.0 Å². The zero-order valence-electron chi connectivity index (χ0n) is 38.9. The molecule has 0 amide bonds. The average Bonchev–Trinajstić information content (AvgIpc) is 3.28. The Morgan fingerprint density at radius 3 is 1.74 bits per heavy atom. The summed E-state index contributed by atoms with van der Waals surface area (Å²) in [5.41, 5.74) is 7.31. The van der Waals surface area contributed by atoms with Crippen LogP contribution in [0.4, 0.5) is 0 Å². The number of carbonyl (C=O) groups excluding carboxylic acids is 2. The van der Waals surface area contributed by atoms with Crippen molar-refractivity contribution in [3.8, 4) is 16.9 Å². The molecule has 2 fully saturated rings. The predicted octanol–water partition coefficient (Wildman–Crippen LogP) is 12.6. The Morgan fingerprint density at radius 1 is 0.672 bits per heavy atom. The highest BCUT2D eigenvalue weighted by Crippen LogP contribution is 2.45. The number of hydrogen-bond acceptors (Lipinski definition) is 7. The quantitative estimate of drug-likeness (QED) is 0.0524. The van der Waals surface area contributed by atoms with Gasteiger partial charge in [0.15, 0.2) is 0 Å². The maximum atomic E-state index is 12.2. The Kier molecular flexibility index (Phi) is 21.6. The number of aliphatic hydroxyl groups excluding tert-OH is 2. The molecular formula is C54H82O7. The number of rotatable bonds is 27. The third-order valence-corrected chi connectivity index (χ3v) is 14.0. The van der Waals surface area contributed by atoms with Crippen LogP contribution in [0.25, 0.3) is 11.1 Å². The lowest BCUT2D eigenvalue weighted by Crippen LogP contribution is -2.32. The van der Waals surface area contributed by atoms with Gasteiger partial charge in [-0.15, -0.1) is 0 Å². The lowest BCUT2D eigenvalue weighted by Gasteiger charge is -2.38. The topological polar surface area (TPSA) is 102 Å². The fraction of sp³-hybridized carbons (Fsp3) is 0.667. The molecule has 2 aliphatic carbocycles. The summed E-state index contributed by atoms with van der Waals surface area (Å²) in [6, 6.07) is 11.6. The van der Waals surface area contributed by atoms with Crippen LogP contribution < -0.4 is 4.74 Å². The van der Waals surface area contributed by atoms with Crippen LogP contribution in [0.5, 0.6) is 5.75 Å². The Bertz CT molecular complexity index is 1620. The minimum Gasteiger partial charge on any atom is -0.493 e. The van der Waals surface area contributed by atoms with Crippen LogP contribution >= 0.6 is 0 Å². The molecule has 0 heterocycles. The molecule has 2 aromatic rings. The molecule has 0 spiro atoms. The zero-order chi connectivity index (χ0) is 44.2. The molecule has 61 heavy (non-hydrogen) atoms. The number of benzene rings is 2. The lowest BCUT2D eigenvalue weighted by molar-refractivity contribution is -0.139. The van der Waals surface area contributed by atoms with Crippen LogP contribution in [0.15, 0.2) is 54.6 Å². The SMILES string of the molecule is C=C(C)C(=O)OCCCc1cc(-c2ccc(C3CCC(C4CCC(CCCCC)CC4)CC3)cc2CC)cc(CCCOC(=O)C(=C)C)c1OCCC(CO)(CO)CCCC. The first kappa shape index (κ1) is 50.2.